The van der Waals surface area contributed by atoms with Crippen molar-refractivity contribution in [3.63, 3.8) is 0 Å². The van der Waals surface area contributed by atoms with Gasteiger partial charge in [-0.15, -0.1) is 0 Å². The molecule has 0 bridgehead atoms. The van der Waals surface area contributed by atoms with Crippen molar-refractivity contribution in [3.8, 4) is 0 Å². The summed E-state index contributed by atoms with van der Waals surface area (Å²) in [5.41, 5.74) is 8.49. The molecule has 0 aliphatic carbocycles. The van der Waals surface area contributed by atoms with E-state index in [1.54, 1.807) is 18.2 Å². The van der Waals surface area contributed by atoms with E-state index >= 15 is 0 Å². The van der Waals surface area contributed by atoms with Gasteiger partial charge in [-0.1, -0.05) is 30.3 Å². The molecule has 4 rings (SSSR count). The number of nitrogens with two attached hydrogens (primary N) is 1. The van der Waals surface area contributed by atoms with E-state index in [0.29, 0.717) is 16.9 Å². The molecule has 2 aromatic carbocycles. The topological polar surface area (TPSA) is 51.8 Å². The normalized spacial score (nSPS) is 12.6. The number of fused-ring (bicyclic) bond motifs is 3. The summed E-state index contributed by atoms with van der Waals surface area (Å²) in [6.45, 7) is 0. The first kappa shape index (κ1) is 15.4. The zero-order valence-corrected chi connectivity index (χ0v) is 13.3. The lowest BCUT2D eigenvalue weighted by Crippen LogP contribution is -2.00. The Bertz CT molecular complexity index is 1060. The molecular formula is C20H15F2N3. The minimum absolute atomic E-state index is 0.159. The molecule has 0 saturated heterocycles. The molecule has 2 aromatic heterocycles. The maximum Gasteiger partial charge on any atom is 0.150 e. The fourth-order valence-electron chi connectivity index (χ4n) is 2.99. The Hall–Kier alpha value is -3.08. The Kier molecular flexibility index (Phi) is 3.76. The van der Waals surface area contributed by atoms with Crippen molar-refractivity contribution in [1.29, 1.82) is 0 Å². The third kappa shape index (κ3) is 2.89. The Morgan fingerprint density at radius 2 is 1.76 bits per heavy atom. The van der Waals surface area contributed by atoms with E-state index in [2.05, 4.69) is 9.97 Å². The largest absolute Gasteiger partial charge is 0.382 e. The van der Waals surface area contributed by atoms with Crippen molar-refractivity contribution in [2.24, 2.45) is 0 Å². The molecule has 1 atom stereocenters. The maximum atomic E-state index is 14.8. The van der Waals surface area contributed by atoms with E-state index in [0.717, 1.165) is 21.9 Å². The summed E-state index contributed by atoms with van der Waals surface area (Å²) >= 11 is 0. The molecular weight excluding hydrogens is 320 g/mol. The second-order valence-corrected chi connectivity index (χ2v) is 5.98. The summed E-state index contributed by atoms with van der Waals surface area (Å²) in [6.07, 6.45) is 0.408. The lowest BCUT2D eigenvalue weighted by atomic mass is 10.0. The van der Waals surface area contributed by atoms with Gasteiger partial charge in [0.05, 0.1) is 5.52 Å². The third-order valence-corrected chi connectivity index (χ3v) is 4.28. The number of aromatic nitrogens is 2. The molecule has 0 amide bonds. The summed E-state index contributed by atoms with van der Waals surface area (Å²) in [7, 11) is 0. The number of pyridine rings is 2. The van der Waals surface area contributed by atoms with E-state index in [1.807, 2.05) is 24.3 Å². The Labute approximate surface area is 143 Å². The van der Waals surface area contributed by atoms with Gasteiger partial charge < -0.3 is 5.73 Å². The van der Waals surface area contributed by atoms with Crippen molar-refractivity contribution < 1.29 is 8.78 Å². The highest BCUT2D eigenvalue weighted by Crippen LogP contribution is 2.30. The molecule has 0 radical (unpaired) electrons. The van der Waals surface area contributed by atoms with Crippen LogP contribution in [0.5, 0.6) is 0 Å². The lowest BCUT2D eigenvalue weighted by molar-refractivity contribution is 0.342. The standard InChI is InChI=1S/C20H15F2N3/c21-14-7-5-12(6-8-14)9-17(22)13-10-16-15-3-1-2-4-18(15)25-20(23)19(16)24-11-13/h1-8,10-11,17H,9H2,(H2,23,25). The first-order valence-corrected chi connectivity index (χ1v) is 7.94. The van der Waals surface area contributed by atoms with Crippen molar-refractivity contribution in [2.45, 2.75) is 12.6 Å². The molecule has 3 nitrogen and oxygen atoms in total. The predicted molar refractivity (Wildman–Crippen MR) is 95.4 cm³/mol. The summed E-state index contributed by atoms with van der Waals surface area (Å²) in [5, 5.41) is 1.66. The van der Waals surface area contributed by atoms with Crippen LogP contribution in [0.1, 0.15) is 17.3 Å². The average Bonchev–Trinajstić information content (AvgIpc) is 2.63. The van der Waals surface area contributed by atoms with Gasteiger partial charge in [0.2, 0.25) is 0 Å². The van der Waals surface area contributed by atoms with Gasteiger partial charge in [-0.25, -0.2) is 13.8 Å². The number of para-hydroxylation sites is 1. The van der Waals surface area contributed by atoms with Gasteiger partial charge in [-0.2, -0.15) is 0 Å². The predicted octanol–water partition coefficient (Wildman–Crippen LogP) is 4.76. The number of hydrogen-bond donors (Lipinski definition) is 1. The molecule has 1 unspecified atom stereocenters. The molecule has 0 aliphatic heterocycles. The van der Waals surface area contributed by atoms with E-state index < -0.39 is 6.17 Å². The molecule has 25 heavy (non-hydrogen) atoms. The van der Waals surface area contributed by atoms with Crippen molar-refractivity contribution >= 4 is 27.6 Å². The Morgan fingerprint density at radius 3 is 2.56 bits per heavy atom. The second-order valence-electron chi connectivity index (χ2n) is 5.98. The first-order chi connectivity index (χ1) is 12.1. The van der Waals surface area contributed by atoms with Crippen LogP contribution in [-0.2, 0) is 6.42 Å². The molecule has 4 aromatic rings. The van der Waals surface area contributed by atoms with Crippen molar-refractivity contribution in [1.82, 2.24) is 9.97 Å². The second kappa shape index (κ2) is 6.09. The highest BCUT2D eigenvalue weighted by Gasteiger charge is 2.15. The highest BCUT2D eigenvalue weighted by atomic mass is 19.1. The van der Waals surface area contributed by atoms with Gasteiger partial charge in [0.25, 0.3) is 0 Å². The maximum absolute atomic E-state index is 14.8. The van der Waals surface area contributed by atoms with Crippen LogP contribution in [0.25, 0.3) is 21.8 Å². The average molecular weight is 335 g/mol. The monoisotopic (exact) mass is 335 g/mol. The van der Waals surface area contributed by atoms with Gasteiger partial charge in [-0.05, 0) is 29.8 Å². The van der Waals surface area contributed by atoms with Gasteiger partial charge in [0, 0.05) is 29.0 Å². The van der Waals surface area contributed by atoms with Crippen LogP contribution in [0.2, 0.25) is 0 Å². The van der Waals surface area contributed by atoms with Crippen LogP contribution >= 0.6 is 0 Å². The molecule has 0 fully saturated rings. The van der Waals surface area contributed by atoms with E-state index in [9.17, 15) is 8.78 Å². The number of rotatable bonds is 3. The summed E-state index contributed by atoms with van der Waals surface area (Å²) < 4.78 is 27.8. The van der Waals surface area contributed by atoms with E-state index in [4.69, 9.17) is 5.73 Å². The van der Waals surface area contributed by atoms with Crippen LogP contribution in [0.4, 0.5) is 14.6 Å². The highest BCUT2D eigenvalue weighted by molar-refractivity contribution is 6.08. The van der Waals surface area contributed by atoms with Gasteiger partial charge in [0.1, 0.15) is 17.5 Å². The Morgan fingerprint density at radius 1 is 1.00 bits per heavy atom. The van der Waals surface area contributed by atoms with Gasteiger partial charge >= 0.3 is 0 Å². The summed E-state index contributed by atoms with van der Waals surface area (Å²) in [5.74, 6) is -0.00447. The molecule has 124 valence electrons. The number of alkyl halides is 1. The fraction of sp³-hybridized carbons (Fsp3) is 0.100. The summed E-state index contributed by atoms with van der Waals surface area (Å²) in [4.78, 5) is 8.66. The van der Waals surface area contributed by atoms with Crippen molar-refractivity contribution in [3.05, 3.63) is 77.7 Å². The lowest BCUT2D eigenvalue weighted by Gasteiger charge is -2.11. The first-order valence-electron chi connectivity index (χ1n) is 7.94. The van der Waals surface area contributed by atoms with Crippen molar-refractivity contribution in [2.75, 3.05) is 5.73 Å². The number of nitrogen functional groups attached to an aromatic ring is 1. The van der Waals surface area contributed by atoms with Gasteiger partial charge in [0.15, 0.2) is 5.82 Å². The Balaban J connectivity index is 1.77. The molecule has 0 spiro atoms. The minimum Gasteiger partial charge on any atom is -0.382 e. The number of hydrogen-bond acceptors (Lipinski definition) is 3. The minimum atomic E-state index is -1.24. The molecule has 2 heterocycles. The summed E-state index contributed by atoms with van der Waals surface area (Å²) in [6, 6.07) is 15.2. The van der Waals surface area contributed by atoms with Crippen LogP contribution in [0, 0.1) is 5.82 Å². The zero-order valence-electron chi connectivity index (χ0n) is 13.3. The fourth-order valence-corrected chi connectivity index (χ4v) is 2.99. The smallest absolute Gasteiger partial charge is 0.150 e. The molecule has 0 saturated carbocycles. The van der Waals surface area contributed by atoms with Gasteiger partial charge in [-0.3, -0.25) is 4.98 Å². The number of anilines is 1. The van der Waals surface area contributed by atoms with E-state index in [-0.39, 0.29) is 12.2 Å². The quantitative estimate of drug-likeness (QED) is 0.549. The molecule has 0 aliphatic rings. The zero-order chi connectivity index (χ0) is 17.4. The van der Waals surface area contributed by atoms with E-state index in [1.165, 1.54) is 18.3 Å². The number of halogens is 2. The van der Waals surface area contributed by atoms with Crippen LogP contribution in [0.15, 0.2) is 60.8 Å². The van der Waals surface area contributed by atoms with Crippen LogP contribution in [-0.4, -0.2) is 9.97 Å². The molecule has 2 N–H and O–H groups in total. The number of benzene rings is 2. The number of nitrogens with zero attached hydrogens (tertiary/aromatic N) is 2. The van der Waals surface area contributed by atoms with Crippen LogP contribution < -0.4 is 5.73 Å². The molecule has 5 heteroatoms. The third-order valence-electron chi connectivity index (χ3n) is 4.28. The SMILES string of the molecule is Nc1nc2ccccc2c2cc(C(F)Cc3ccc(F)cc3)cnc12. The van der Waals surface area contributed by atoms with Crippen LogP contribution in [0.3, 0.4) is 0 Å².